The zero-order valence-electron chi connectivity index (χ0n) is 8.86. The molecule has 0 aromatic carbocycles. The largest absolute Gasteiger partial charge is 0.478 e. The molecule has 0 aliphatic carbocycles. The Morgan fingerprint density at radius 3 is 2.56 bits per heavy atom. The third-order valence-electron chi connectivity index (χ3n) is 2.54. The maximum absolute atomic E-state index is 12.2. The Morgan fingerprint density at radius 2 is 2.00 bits per heavy atom. The molecule has 1 aliphatic rings. The fourth-order valence-electron chi connectivity index (χ4n) is 1.70. The van der Waals surface area contributed by atoms with Gasteiger partial charge in [0.05, 0.1) is 17.8 Å². The van der Waals surface area contributed by atoms with Crippen molar-refractivity contribution in [1.29, 1.82) is 0 Å². The number of rotatable bonds is 1. The number of carbonyl (C=O) groups is 2. The number of carboxylic acids is 1. The SMILES string of the molecule is O=C(O)c1cnc2c(c1)CN(C(=O)C(F)(F)F)C2. The standard InChI is InChI=1S/C10H7F3N2O3/c11-10(12,13)9(18)15-3-6-1-5(8(16)17)2-14-7(6)4-15/h1-2H,3-4H2,(H,16,17). The number of alkyl halides is 3. The van der Waals surface area contributed by atoms with Crippen molar-refractivity contribution in [2.45, 2.75) is 19.3 Å². The van der Waals surface area contributed by atoms with E-state index >= 15 is 0 Å². The van der Waals surface area contributed by atoms with Crippen LogP contribution in [0.4, 0.5) is 13.2 Å². The minimum Gasteiger partial charge on any atom is -0.478 e. The number of fused-ring (bicyclic) bond motifs is 1. The molecule has 18 heavy (non-hydrogen) atoms. The maximum Gasteiger partial charge on any atom is 0.471 e. The molecule has 0 bridgehead atoms. The molecule has 5 nitrogen and oxygen atoms in total. The van der Waals surface area contributed by atoms with Gasteiger partial charge in [-0.2, -0.15) is 13.2 Å². The van der Waals surface area contributed by atoms with Crippen LogP contribution in [0.25, 0.3) is 0 Å². The highest BCUT2D eigenvalue weighted by Crippen LogP contribution is 2.27. The summed E-state index contributed by atoms with van der Waals surface area (Å²) >= 11 is 0. The number of halogens is 3. The second-order valence-electron chi connectivity index (χ2n) is 3.79. The summed E-state index contributed by atoms with van der Waals surface area (Å²) in [4.78, 5) is 26.0. The lowest BCUT2D eigenvalue weighted by Gasteiger charge is -2.16. The van der Waals surface area contributed by atoms with E-state index in [4.69, 9.17) is 5.11 Å². The molecule has 0 spiro atoms. The molecule has 0 fully saturated rings. The predicted molar refractivity (Wildman–Crippen MR) is 51.5 cm³/mol. The molecule has 1 aromatic rings. The van der Waals surface area contributed by atoms with Gasteiger partial charge in [0, 0.05) is 12.7 Å². The van der Waals surface area contributed by atoms with E-state index in [0.717, 1.165) is 6.20 Å². The van der Waals surface area contributed by atoms with Gasteiger partial charge in [0.2, 0.25) is 0 Å². The third kappa shape index (κ3) is 2.13. The van der Waals surface area contributed by atoms with Gasteiger partial charge in [-0.3, -0.25) is 9.78 Å². The van der Waals surface area contributed by atoms with Crippen LogP contribution >= 0.6 is 0 Å². The van der Waals surface area contributed by atoms with Gasteiger partial charge < -0.3 is 10.0 Å². The molecule has 1 aromatic heterocycles. The molecule has 1 N–H and O–H groups in total. The van der Waals surface area contributed by atoms with Gasteiger partial charge in [-0.25, -0.2) is 4.79 Å². The highest BCUT2D eigenvalue weighted by Gasteiger charge is 2.44. The molecule has 1 aliphatic heterocycles. The molecule has 8 heteroatoms. The zero-order valence-corrected chi connectivity index (χ0v) is 8.86. The molecule has 0 saturated carbocycles. The van der Waals surface area contributed by atoms with Crippen LogP contribution in [0.3, 0.4) is 0 Å². The van der Waals surface area contributed by atoms with Crippen LogP contribution in [-0.4, -0.2) is 33.0 Å². The lowest BCUT2D eigenvalue weighted by atomic mass is 10.2. The predicted octanol–water partition coefficient (Wildman–Crippen LogP) is 1.18. The van der Waals surface area contributed by atoms with E-state index in [2.05, 4.69) is 4.98 Å². The van der Waals surface area contributed by atoms with Crippen molar-refractivity contribution in [3.63, 3.8) is 0 Å². The molecule has 0 radical (unpaired) electrons. The number of aromatic carboxylic acids is 1. The number of carboxylic acid groups (broad SMARTS) is 1. The van der Waals surface area contributed by atoms with Gasteiger partial charge >= 0.3 is 18.1 Å². The number of aromatic nitrogens is 1. The minimum atomic E-state index is -4.93. The van der Waals surface area contributed by atoms with Crippen LogP contribution in [0.5, 0.6) is 0 Å². The Hall–Kier alpha value is -2.12. The van der Waals surface area contributed by atoms with Gasteiger partial charge in [-0.15, -0.1) is 0 Å². The fraction of sp³-hybridized carbons (Fsp3) is 0.300. The van der Waals surface area contributed by atoms with Crippen LogP contribution < -0.4 is 0 Å². The lowest BCUT2D eigenvalue weighted by molar-refractivity contribution is -0.186. The molecule has 0 saturated heterocycles. The average molecular weight is 260 g/mol. The van der Waals surface area contributed by atoms with Crippen molar-refractivity contribution in [1.82, 2.24) is 9.88 Å². The van der Waals surface area contributed by atoms with E-state index < -0.39 is 18.1 Å². The summed E-state index contributed by atoms with van der Waals surface area (Å²) in [5, 5.41) is 8.72. The van der Waals surface area contributed by atoms with Crippen LogP contribution in [0, 0.1) is 0 Å². The van der Waals surface area contributed by atoms with Crippen LogP contribution in [0.1, 0.15) is 21.6 Å². The van der Waals surface area contributed by atoms with Gasteiger partial charge in [-0.1, -0.05) is 0 Å². The van der Waals surface area contributed by atoms with Crippen molar-refractivity contribution in [2.75, 3.05) is 0 Å². The van der Waals surface area contributed by atoms with Crippen molar-refractivity contribution >= 4 is 11.9 Å². The van der Waals surface area contributed by atoms with Crippen LogP contribution in [0.15, 0.2) is 12.3 Å². The first kappa shape index (κ1) is 12.3. The smallest absolute Gasteiger partial charge is 0.471 e. The Morgan fingerprint density at radius 1 is 1.33 bits per heavy atom. The number of hydrogen-bond acceptors (Lipinski definition) is 3. The molecule has 0 unspecified atom stereocenters. The molecule has 2 heterocycles. The topological polar surface area (TPSA) is 70.5 Å². The van der Waals surface area contributed by atoms with E-state index in [1.165, 1.54) is 6.07 Å². The Balaban J connectivity index is 2.23. The first-order valence-corrected chi connectivity index (χ1v) is 4.86. The van der Waals surface area contributed by atoms with Crippen molar-refractivity contribution in [2.24, 2.45) is 0 Å². The summed E-state index contributed by atoms with van der Waals surface area (Å²) in [5.74, 6) is -3.16. The number of nitrogens with zero attached hydrogens (tertiary/aromatic N) is 2. The first-order chi connectivity index (χ1) is 8.29. The summed E-state index contributed by atoms with van der Waals surface area (Å²) in [6, 6.07) is 1.23. The summed E-state index contributed by atoms with van der Waals surface area (Å²) in [5.41, 5.74) is 0.500. The minimum absolute atomic E-state index is 0.116. The molecule has 96 valence electrons. The fourth-order valence-corrected chi connectivity index (χ4v) is 1.70. The summed E-state index contributed by atoms with van der Waals surface area (Å²) in [7, 11) is 0. The molecular weight excluding hydrogens is 253 g/mol. The Labute approximate surface area is 98.8 Å². The second kappa shape index (κ2) is 3.97. The number of hydrogen-bond donors (Lipinski definition) is 1. The second-order valence-corrected chi connectivity index (χ2v) is 3.79. The quantitative estimate of drug-likeness (QED) is 0.823. The van der Waals surface area contributed by atoms with Crippen molar-refractivity contribution in [3.8, 4) is 0 Å². The summed E-state index contributed by atoms with van der Waals surface area (Å²) in [6.07, 6.45) is -3.87. The van der Waals surface area contributed by atoms with E-state index in [1.54, 1.807) is 0 Å². The number of pyridine rings is 1. The van der Waals surface area contributed by atoms with Crippen molar-refractivity contribution < 1.29 is 27.9 Å². The third-order valence-corrected chi connectivity index (χ3v) is 2.54. The summed E-state index contributed by atoms with van der Waals surface area (Å²) in [6.45, 7) is -0.532. The van der Waals surface area contributed by atoms with Gasteiger partial charge in [-0.05, 0) is 11.6 Å². The van der Waals surface area contributed by atoms with Gasteiger partial charge in [0.25, 0.3) is 0 Å². The van der Waals surface area contributed by atoms with E-state index in [0.29, 0.717) is 10.5 Å². The van der Waals surface area contributed by atoms with Crippen LogP contribution in [-0.2, 0) is 17.9 Å². The molecular formula is C10H7F3N2O3. The summed E-state index contributed by atoms with van der Waals surface area (Å²) < 4.78 is 36.7. The highest BCUT2D eigenvalue weighted by molar-refractivity contribution is 5.87. The normalized spacial score (nSPS) is 14.5. The maximum atomic E-state index is 12.2. The monoisotopic (exact) mass is 260 g/mol. The highest BCUT2D eigenvalue weighted by atomic mass is 19.4. The number of carbonyl (C=O) groups excluding carboxylic acids is 1. The average Bonchev–Trinajstić information content (AvgIpc) is 2.68. The Bertz CT molecular complexity index is 528. The zero-order chi connectivity index (χ0) is 13.5. The number of amides is 1. The first-order valence-electron chi connectivity index (χ1n) is 4.86. The van der Waals surface area contributed by atoms with Crippen LogP contribution in [0.2, 0.25) is 0 Å². The lowest BCUT2D eigenvalue weighted by Crippen LogP contribution is -2.37. The van der Waals surface area contributed by atoms with Gasteiger partial charge in [0.1, 0.15) is 0 Å². The van der Waals surface area contributed by atoms with E-state index in [9.17, 15) is 22.8 Å². The molecule has 2 rings (SSSR count). The van der Waals surface area contributed by atoms with Crippen molar-refractivity contribution in [3.05, 3.63) is 29.1 Å². The molecule has 0 atom stereocenters. The van der Waals surface area contributed by atoms with E-state index in [1.807, 2.05) is 0 Å². The Kier molecular flexibility index (Phi) is 2.72. The van der Waals surface area contributed by atoms with E-state index in [-0.39, 0.29) is 24.3 Å². The molecule has 1 amide bonds. The van der Waals surface area contributed by atoms with Gasteiger partial charge in [0.15, 0.2) is 0 Å².